The van der Waals surface area contributed by atoms with Gasteiger partial charge in [0.15, 0.2) is 9.84 Å². The summed E-state index contributed by atoms with van der Waals surface area (Å²) in [6.07, 6.45) is 1.62. The van der Waals surface area contributed by atoms with Crippen molar-refractivity contribution >= 4 is 15.5 Å². The monoisotopic (exact) mass is 342 g/mol. The van der Waals surface area contributed by atoms with Crippen LogP contribution in [0.15, 0.2) is 70.2 Å². The summed E-state index contributed by atoms with van der Waals surface area (Å²) < 4.78 is 29.1. The third-order valence-corrected chi connectivity index (χ3v) is 5.39. The molecule has 5 nitrogen and oxygen atoms in total. The van der Waals surface area contributed by atoms with E-state index in [2.05, 4.69) is 10.3 Å². The van der Waals surface area contributed by atoms with Gasteiger partial charge in [-0.2, -0.15) is 0 Å². The molecule has 0 aliphatic heterocycles. The standard InChI is InChI=1S/C18H18N2O3S/c1-2-24(21,22)17-10-8-15(9-11-17)19-12-16-13-23-18(20-16)14-6-4-3-5-7-14/h3-11,13,19H,2,12H2,1H3. The van der Waals surface area contributed by atoms with Crippen LogP contribution in [0.1, 0.15) is 12.6 Å². The molecule has 0 bridgehead atoms. The van der Waals surface area contributed by atoms with Crippen molar-refractivity contribution in [3.63, 3.8) is 0 Å². The van der Waals surface area contributed by atoms with Crippen LogP contribution < -0.4 is 5.32 Å². The highest BCUT2D eigenvalue weighted by atomic mass is 32.2. The number of rotatable bonds is 6. The number of nitrogens with zero attached hydrogens (tertiary/aromatic N) is 1. The molecule has 1 heterocycles. The summed E-state index contributed by atoms with van der Waals surface area (Å²) in [4.78, 5) is 4.78. The first-order valence-corrected chi connectivity index (χ1v) is 9.30. The zero-order chi connectivity index (χ0) is 17.0. The number of anilines is 1. The first-order chi connectivity index (χ1) is 11.6. The Balaban J connectivity index is 1.65. The maximum Gasteiger partial charge on any atom is 0.226 e. The Morgan fingerprint density at radius 2 is 1.75 bits per heavy atom. The van der Waals surface area contributed by atoms with Gasteiger partial charge in [-0.25, -0.2) is 13.4 Å². The topological polar surface area (TPSA) is 72.2 Å². The minimum atomic E-state index is -3.16. The second kappa shape index (κ2) is 6.88. The lowest BCUT2D eigenvalue weighted by molar-refractivity contribution is 0.573. The van der Waals surface area contributed by atoms with E-state index in [0.717, 1.165) is 16.9 Å². The molecule has 0 fully saturated rings. The van der Waals surface area contributed by atoms with Crippen LogP contribution in [0.25, 0.3) is 11.5 Å². The molecular formula is C18H18N2O3S. The summed E-state index contributed by atoms with van der Waals surface area (Å²) in [6.45, 7) is 2.13. The quantitative estimate of drug-likeness (QED) is 0.739. The first-order valence-electron chi connectivity index (χ1n) is 7.65. The van der Waals surface area contributed by atoms with Crippen molar-refractivity contribution in [2.45, 2.75) is 18.4 Å². The molecule has 0 saturated carbocycles. The Labute approximate surface area is 141 Å². The van der Waals surface area contributed by atoms with Gasteiger partial charge in [0, 0.05) is 11.3 Å². The van der Waals surface area contributed by atoms with Crippen molar-refractivity contribution in [1.29, 1.82) is 0 Å². The molecule has 24 heavy (non-hydrogen) atoms. The molecule has 0 aliphatic carbocycles. The Morgan fingerprint density at radius 3 is 2.42 bits per heavy atom. The summed E-state index contributed by atoms with van der Waals surface area (Å²) in [7, 11) is -3.16. The van der Waals surface area contributed by atoms with Gasteiger partial charge < -0.3 is 9.73 Å². The summed E-state index contributed by atoms with van der Waals surface area (Å²) >= 11 is 0. The van der Waals surface area contributed by atoms with Crippen molar-refractivity contribution in [3.8, 4) is 11.5 Å². The van der Waals surface area contributed by atoms with Gasteiger partial charge in [0.25, 0.3) is 0 Å². The van der Waals surface area contributed by atoms with Gasteiger partial charge in [0.05, 0.1) is 22.9 Å². The fraction of sp³-hybridized carbons (Fsp3) is 0.167. The van der Waals surface area contributed by atoms with Crippen LogP contribution in [0.3, 0.4) is 0 Å². The molecule has 0 saturated heterocycles. The van der Waals surface area contributed by atoms with E-state index in [0.29, 0.717) is 17.3 Å². The first kappa shape index (κ1) is 16.3. The maximum atomic E-state index is 11.8. The van der Waals surface area contributed by atoms with E-state index in [-0.39, 0.29) is 5.75 Å². The second-order valence-electron chi connectivity index (χ2n) is 5.29. The van der Waals surface area contributed by atoms with Crippen molar-refractivity contribution < 1.29 is 12.8 Å². The van der Waals surface area contributed by atoms with Gasteiger partial charge in [-0.3, -0.25) is 0 Å². The van der Waals surface area contributed by atoms with Crippen molar-refractivity contribution in [3.05, 3.63) is 66.6 Å². The fourth-order valence-electron chi connectivity index (χ4n) is 2.24. The average molecular weight is 342 g/mol. The van der Waals surface area contributed by atoms with Gasteiger partial charge in [0.2, 0.25) is 5.89 Å². The van der Waals surface area contributed by atoms with Gasteiger partial charge in [-0.05, 0) is 36.4 Å². The highest BCUT2D eigenvalue weighted by Crippen LogP contribution is 2.19. The molecule has 0 unspecified atom stereocenters. The van der Waals surface area contributed by atoms with E-state index >= 15 is 0 Å². The van der Waals surface area contributed by atoms with E-state index < -0.39 is 9.84 Å². The van der Waals surface area contributed by atoms with Crippen molar-refractivity contribution in [1.82, 2.24) is 4.98 Å². The predicted molar refractivity (Wildman–Crippen MR) is 93.4 cm³/mol. The molecular weight excluding hydrogens is 324 g/mol. The second-order valence-corrected chi connectivity index (χ2v) is 7.57. The summed E-state index contributed by atoms with van der Waals surface area (Å²) in [6, 6.07) is 16.4. The minimum Gasteiger partial charge on any atom is -0.444 e. The van der Waals surface area contributed by atoms with Crippen LogP contribution in [0, 0.1) is 0 Å². The average Bonchev–Trinajstić information content (AvgIpc) is 3.10. The molecule has 0 amide bonds. The molecule has 2 aromatic carbocycles. The number of benzene rings is 2. The van der Waals surface area contributed by atoms with Crippen LogP contribution in [0.5, 0.6) is 0 Å². The lowest BCUT2D eigenvalue weighted by atomic mass is 10.2. The predicted octanol–water partition coefficient (Wildman–Crippen LogP) is 3.75. The number of aromatic nitrogens is 1. The Kier molecular flexibility index (Phi) is 4.66. The van der Waals surface area contributed by atoms with Gasteiger partial charge in [0.1, 0.15) is 6.26 Å². The lowest BCUT2D eigenvalue weighted by Gasteiger charge is -2.06. The Morgan fingerprint density at radius 1 is 1.04 bits per heavy atom. The normalized spacial score (nSPS) is 11.4. The van der Waals surface area contributed by atoms with Gasteiger partial charge in [-0.15, -0.1) is 0 Å². The van der Waals surface area contributed by atoms with E-state index in [1.54, 1.807) is 37.5 Å². The minimum absolute atomic E-state index is 0.0982. The van der Waals surface area contributed by atoms with Gasteiger partial charge >= 0.3 is 0 Å². The molecule has 3 aromatic rings. The number of nitrogens with one attached hydrogen (secondary N) is 1. The molecule has 0 atom stereocenters. The summed E-state index contributed by atoms with van der Waals surface area (Å²) in [5, 5.41) is 3.21. The molecule has 124 valence electrons. The van der Waals surface area contributed by atoms with Crippen LogP contribution in [0.2, 0.25) is 0 Å². The molecule has 0 radical (unpaired) electrons. The van der Waals surface area contributed by atoms with Crippen molar-refractivity contribution in [2.24, 2.45) is 0 Å². The van der Waals surface area contributed by atoms with Crippen LogP contribution in [0.4, 0.5) is 5.69 Å². The third kappa shape index (κ3) is 3.65. The van der Waals surface area contributed by atoms with E-state index in [4.69, 9.17) is 4.42 Å². The number of hydrogen-bond donors (Lipinski definition) is 1. The number of hydrogen-bond acceptors (Lipinski definition) is 5. The highest BCUT2D eigenvalue weighted by Gasteiger charge is 2.11. The highest BCUT2D eigenvalue weighted by molar-refractivity contribution is 7.91. The zero-order valence-electron chi connectivity index (χ0n) is 13.3. The van der Waals surface area contributed by atoms with Gasteiger partial charge in [-0.1, -0.05) is 25.1 Å². The summed E-state index contributed by atoms with van der Waals surface area (Å²) in [5.41, 5.74) is 2.53. The third-order valence-electron chi connectivity index (χ3n) is 3.64. The van der Waals surface area contributed by atoms with Crippen LogP contribution in [-0.4, -0.2) is 19.2 Å². The maximum absolute atomic E-state index is 11.8. The Bertz CT molecular complexity index is 901. The molecule has 1 aromatic heterocycles. The molecule has 1 N–H and O–H groups in total. The SMILES string of the molecule is CCS(=O)(=O)c1ccc(NCc2coc(-c3ccccc3)n2)cc1. The summed E-state index contributed by atoms with van der Waals surface area (Å²) in [5.74, 6) is 0.679. The molecule has 0 aliphatic rings. The van der Waals surface area contributed by atoms with E-state index in [9.17, 15) is 8.42 Å². The molecule has 3 rings (SSSR count). The number of oxazole rings is 1. The smallest absolute Gasteiger partial charge is 0.226 e. The number of sulfone groups is 1. The van der Waals surface area contributed by atoms with E-state index in [1.807, 2.05) is 30.3 Å². The Hall–Kier alpha value is -2.60. The molecule has 0 spiro atoms. The molecule has 6 heteroatoms. The lowest BCUT2D eigenvalue weighted by Crippen LogP contribution is -2.04. The van der Waals surface area contributed by atoms with Crippen molar-refractivity contribution in [2.75, 3.05) is 11.1 Å². The zero-order valence-corrected chi connectivity index (χ0v) is 14.1. The fourth-order valence-corrected chi connectivity index (χ4v) is 3.12. The van der Waals surface area contributed by atoms with E-state index in [1.165, 1.54) is 0 Å². The van der Waals surface area contributed by atoms with Crippen LogP contribution in [-0.2, 0) is 16.4 Å². The van der Waals surface area contributed by atoms with Crippen LogP contribution >= 0.6 is 0 Å². The largest absolute Gasteiger partial charge is 0.444 e.